The predicted octanol–water partition coefficient (Wildman–Crippen LogP) is 2.61. The van der Waals surface area contributed by atoms with Crippen molar-refractivity contribution in [1.29, 1.82) is 0 Å². The molecule has 92 valence electrons. The molecule has 0 atom stereocenters. The molecule has 1 saturated carbocycles. The molecule has 3 nitrogen and oxygen atoms in total. The van der Waals surface area contributed by atoms with Gasteiger partial charge in [0.25, 0.3) is 0 Å². The van der Waals surface area contributed by atoms with Crippen molar-refractivity contribution in [1.82, 2.24) is 0 Å². The second-order valence-electron chi connectivity index (χ2n) is 5.46. The van der Waals surface area contributed by atoms with Crippen LogP contribution in [-0.4, -0.2) is 17.5 Å². The van der Waals surface area contributed by atoms with Crippen LogP contribution in [-0.2, 0) is 6.42 Å². The number of hydrogen-bond donors (Lipinski definition) is 1. The highest BCUT2D eigenvalue weighted by molar-refractivity contribution is 5.50. The zero-order valence-corrected chi connectivity index (χ0v) is 10.3. The van der Waals surface area contributed by atoms with Crippen LogP contribution in [0, 0.1) is 0 Å². The molecule has 1 aromatic carbocycles. The molecule has 0 spiro atoms. The van der Waals surface area contributed by atoms with Crippen LogP contribution in [0.3, 0.4) is 0 Å². The Morgan fingerprint density at radius 2 is 1.88 bits per heavy atom. The lowest BCUT2D eigenvalue weighted by atomic mass is 9.92. The molecule has 1 aromatic rings. The van der Waals surface area contributed by atoms with Crippen molar-refractivity contribution in [3.05, 3.63) is 23.3 Å². The Bertz CT molecular complexity index is 447. The van der Waals surface area contributed by atoms with Gasteiger partial charge in [-0.2, -0.15) is 0 Å². The Balaban J connectivity index is 1.99. The highest BCUT2D eigenvalue weighted by Gasteiger charge is 2.41. The summed E-state index contributed by atoms with van der Waals surface area (Å²) >= 11 is 0. The maximum absolute atomic E-state index is 10.1. The smallest absolute Gasteiger partial charge is 0.231 e. The number of aliphatic hydroxyl groups is 1. The number of fused-ring (bicyclic) bond motifs is 1. The molecule has 17 heavy (non-hydrogen) atoms. The molecule has 1 aliphatic heterocycles. The van der Waals surface area contributed by atoms with Gasteiger partial charge in [0.15, 0.2) is 11.5 Å². The van der Waals surface area contributed by atoms with Gasteiger partial charge in [-0.3, -0.25) is 0 Å². The molecule has 3 rings (SSSR count). The molecule has 2 aliphatic rings. The molecule has 0 saturated heterocycles. The summed E-state index contributed by atoms with van der Waals surface area (Å²) in [5, 5.41) is 10.1. The van der Waals surface area contributed by atoms with Gasteiger partial charge in [0, 0.05) is 6.42 Å². The van der Waals surface area contributed by atoms with Gasteiger partial charge in [-0.25, -0.2) is 0 Å². The average molecular weight is 234 g/mol. The van der Waals surface area contributed by atoms with E-state index in [4.69, 9.17) is 9.47 Å². The van der Waals surface area contributed by atoms with Gasteiger partial charge in [0.1, 0.15) is 0 Å². The lowest BCUT2D eigenvalue weighted by molar-refractivity contribution is 0.150. The van der Waals surface area contributed by atoms with Crippen molar-refractivity contribution in [3.63, 3.8) is 0 Å². The molecule has 0 amide bonds. The van der Waals surface area contributed by atoms with E-state index in [0.717, 1.165) is 30.8 Å². The first-order chi connectivity index (χ1) is 8.07. The minimum Gasteiger partial charge on any atom is -0.454 e. The maximum Gasteiger partial charge on any atom is 0.231 e. The molecule has 1 aliphatic carbocycles. The summed E-state index contributed by atoms with van der Waals surface area (Å²) in [5.74, 6) is 2.08. The van der Waals surface area contributed by atoms with Gasteiger partial charge in [0.05, 0.1) is 5.60 Å². The van der Waals surface area contributed by atoms with Crippen LogP contribution in [0.1, 0.15) is 43.7 Å². The predicted molar refractivity (Wildman–Crippen MR) is 64.5 cm³/mol. The van der Waals surface area contributed by atoms with Gasteiger partial charge in [-0.05, 0) is 42.0 Å². The molecule has 1 N–H and O–H groups in total. The van der Waals surface area contributed by atoms with E-state index in [0.29, 0.717) is 12.7 Å². The number of hydrogen-bond acceptors (Lipinski definition) is 3. The number of ether oxygens (including phenoxy) is 2. The molecule has 1 heterocycles. The molecule has 0 unspecified atom stereocenters. The van der Waals surface area contributed by atoms with Crippen molar-refractivity contribution >= 4 is 0 Å². The molecular formula is C14H18O3. The third-order valence-corrected chi connectivity index (χ3v) is 3.60. The number of benzene rings is 1. The Kier molecular flexibility index (Phi) is 2.33. The average Bonchev–Trinajstić information content (AvgIpc) is 2.83. The van der Waals surface area contributed by atoms with Crippen molar-refractivity contribution in [3.8, 4) is 11.5 Å². The molecule has 0 radical (unpaired) electrons. The monoisotopic (exact) mass is 234 g/mol. The van der Waals surface area contributed by atoms with Crippen LogP contribution < -0.4 is 9.47 Å². The Morgan fingerprint density at radius 1 is 1.24 bits per heavy atom. The van der Waals surface area contributed by atoms with Crippen LogP contribution in [0.25, 0.3) is 0 Å². The molecule has 0 bridgehead atoms. The molecule has 0 aromatic heterocycles. The van der Waals surface area contributed by atoms with E-state index in [1.54, 1.807) is 0 Å². The van der Waals surface area contributed by atoms with Crippen LogP contribution in [0.15, 0.2) is 12.1 Å². The minimum atomic E-state index is -0.461. The third kappa shape index (κ3) is 2.00. The molecule has 1 fully saturated rings. The van der Waals surface area contributed by atoms with Crippen molar-refractivity contribution < 1.29 is 14.6 Å². The zero-order chi connectivity index (χ0) is 12.0. The quantitative estimate of drug-likeness (QED) is 0.873. The van der Waals surface area contributed by atoms with Crippen molar-refractivity contribution in [2.24, 2.45) is 0 Å². The van der Waals surface area contributed by atoms with Gasteiger partial charge >= 0.3 is 0 Å². The van der Waals surface area contributed by atoms with E-state index in [2.05, 4.69) is 19.9 Å². The first-order valence-corrected chi connectivity index (χ1v) is 6.22. The van der Waals surface area contributed by atoms with E-state index < -0.39 is 5.60 Å². The second-order valence-corrected chi connectivity index (χ2v) is 5.46. The van der Waals surface area contributed by atoms with Crippen LogP contribution in [0.2, 0.25) is 0 Å². The van der Waals surface area contributed by atoms with Gasteiger partial charge in [-0.15, -0.1) is 0 Å². The highest BCUT2D eigenvalue weighted by atomic mass is 16.7. The zero-order valence-electron chi connectivity index (χ0n) is 10.3. The van der Waals surface area contributed by atoms with Crippen molar-refractivity contribution in [2.45, 2.75) is 44.6 Å². The summed E-state index contributed by atoms with van der Waals surface area (Å²) in [6.07, 6.45) is 2.56. The van der Waals surface area contributed by atoms with Gasteiger partial charge in [0.2, 0.25) is 6.79 Å². The summed E-state index contributed by atoms with van der Waals surface area (Å²) in [6, 6.07) is 4.10. The van der Waals surface area contributed by atoms with E-state index >= 15 is 0 Å². The van der Waals surface area contributed by atoms with Crippen LogP contribution >= 0.6 is 0 Å². The summed E-state index contributed by atoms with van der Waals surface area (Å²) < 4.78 is 10.8. The largest absolute Gasteiger partial charge is 0.454 e. The van der Waals surface area contributed by atoms with E-state index in [-0.39, 0.29) is 0 Å². The lowest BCUT2D eigenvalue weighted by Gasteiger charge is -2.16. The fraction of sp³-hybridized carbons (Fsp3) is 0.571. The van der Waals surface area contributed by atoms with Crippen LogP contribution in [0.5, 0.6) is 11.5 Å². The first-order valence-electron chi connectivity index (χ1n) is 6.22. The maximum atomic E-state index is 10.1. The van der Waals surface area contributed by atoms with E-state index in [1.165, 1.54) is 11.1 Å². The molecule has 3 heteroatoms. The van der Waals surface area contributed by atoms with E-state index in [9.17, 15) is 5.11 Å². The van der Waals surface area contributed by atoms with Crippen LogP contribution in [0.4, 0.5) is 0 Å². The second kappa shape index (κ2) is 3.64. The summed E-state index contributed by atoms with van der Waals surface area (Å²) in [5.41, 5.74) is 2.00. The Hall–Kier alpha value is -1.22. The Labute approximate surface area is 101 Å². The molecular weight excluding hydrogens is 216 g/mol. The lowest BCUT2D eigenvalue weighted by Crippen LogP contribution is -2.12. The topological polar surface area (TPSA) is 38.7 Å². The Morgan fingerprint density at radius 3 is 2.47 bits per heavy atom. The SMILES string of the molecule is CC(C)c1cc2c(cc1CC1(O)CC1)OCO2. The fourth-order valence-electron chi connectivity index (χ4n) is 2.37. The number of rotatable bonds is 3. The van der Waals surface area contributed by atoms with Gasteiger partial charge in [-0.1, -0.05) is 13.8 Å². The van der Waals surface area contributed by atoms with Crippen molar-refractivity contribution in [2.75, 3.05) is 6.79 Å². The normalized spacial score (nSPS) is 19.8. The summed E-state index contributed by atoms with van der Waals surface area (Å²) in [4.78, 5) is 0. The third-order valence-electron chi connectivity index (χ3n) is 3.60. The standard InChI is InChI=1S/C14H18O3/c1-9(2)11-6-13-12(16-8-17-13)5-10(11)7-14(15)3-4-14/h5-6,9,15H,3-4,7-8H2,1-2H3. The van der Waals surface area contributed by atoms with Gasteiger partial charge < -0.3 is 14.6 Å². The van der Waals surface area contributed by atoms with E-state index in [1.807, 2.05) is 6.07 Å². The summed E-state index contributed by atoms with van der Waals surface area (Å²) in [7, 11) is 0. The fourth-order valence-corrected chi connectivity index (χ4v) is 2.37. The summed E-state index contributed by atoms with van der Waals surface area (Å²) in [6.45, 7) is 4.64. The minimum absolute atomic E-state index is 0.306. The first kappa shape index (κ1) is 10.9. The highest BCUT2D eigenvalue weighted by Crippen LogP contribution is 2.43.